The number of aromatic amines is 1. The van der Waals surface area contributed by atoms with Gasteiger partial charge in [-0.1, -0.05) is 5.21 Å². The Kier molecular flexibility index (Phi) is 2.67. The Balaban J connectivity index is 2.18. The molecule has 0 radical (unpaired) electrons. The smallest absolute Gasteiger partial charge is 0.196 e. The summed E-state index contributed by atoms with van der Waals surface area (Å²) < 4.78 is 0. The van der Waals surface area contributed by atoms with Crippen molar-refractivity contribution in [2.75, 3.05) is 11.1 Å². The maximum Gasteiger partial charge on any atom is 0.196 e. The van der Waals surface area contributed by atoms with Crippen molar-refractivity contribution >= 4 is 11.5 Å². The molecule has 2 heterocycles. The van der Waals surface area contributed by atoms with Crippen molar-refractivity contribution in [1.82, 2.24) is 25.6 Å². The zero-order chi connectivity index (χ0) is 11.5. The summed E-state index contributed by atoms with van der Waals surface area (Å²) in [6, 6.07) is 1.76. The van der Waals surface area contributed by atoms with E-state index in [2.05, 4.69) is 30.9 Å². The summed E-state index contributed by atoms with van der Waals surface area (Å²) in [5, 5.41) is 16.8. The van der Waals surface area contributed by atoms with Crippen molar-refractivity contribution in [2.24, 2.45) is 0 Å². The van der Waals surface area contributed by atoms with Gasteiger partial charge in [0.05, 0.1) is 11.7 Å². The molecule has 0 aliphatic carbocycles. The largest absolute Gasteiger partial charge is 0.396 e. The van der Waals surface area contributed by atoms with Crippen molar-refractivity contribution in [1.29, 1.82) is 0 Å². The molecule has 2 rings (SSSR count). The Morgan fingerprint density at radius 3 is 3.00 bits per heavy atom. The van der Waals surface area contributed by atoms with Crippen LogP contribution in [0.2, 0.25) is 0 Å². The monoisotopic (exact) mass is 219 g/mol. The first-order valence-electron chi connectivity index (χ1n) is 4.89. The molecule has 2 aromatic rings. The second kappa shape index (κ2) is 4.13. The highest BCUT2D eigenvalue weighted by Gasteiger charge is 2.12. The Morgan fingerprint density at radius 2 is 2.31 bits per heavy atom. The lowest BCUT2D eigenvalue weighted by Gasteiger charge is -2.13. The lowest BCUT2D eigenvalue weighted by Crippen LogP contribution is -2.11. The second-order valence-corrected chi connectivity index (χ2v) is 3.53. The summed E-state index contributed by atoms with van der Waals surface area (Å²) in [5.41, 5.74) is 7.52. The van der Waals surface area contributed by atoms with E-state index in [-0.39, 0.29) is 6.04 Å². The van der Waals surface area contributed by atoms with E-state index in [1.165, 1.54) is 0 Å². The van der Waals surface area contributed by atoms with Crippen LogP contribution in [0.1, 0.15) is 24.4 Å². The minimum atomic E-state index is -0.102. The maximum absolute atomic E-state index is 5.90. The number of nitrogens with two attached hydrogens (primary N) is 1. The average molecular weight is 219 g/mol. The van der Waals surface area contributed by atoms with Crippen LogP contribution in [0, 0.1) is 6.92 Å². The number of tetrazole rings is 1. The van der Waals surface area contributed by atoms with Crippen LogP contribution in [0.4, 0.5) is 11.5 Å². The Morgan fingerprint density at radius 1 is 1.50 bits per heavy atom. The summed E-state index contributed by atoms with van der Waals surface area (Å²) in [7, 11) is 0. The third-order valence-electron chi connectivity index (χ3n) is 2.31. The number of rotatable bonds is 3. The van der Waals surface area contributed by atoms with E-state index in [1.807, 2.05) is 19.9 Å². The summed E-state index contributed by atoms with van der Waals surface area (Å²) in [6.07, 6.45) is 1.71. The number of nitrogens with one attached hydrogen (secondary N) is 2. The molecule has 0 spiro atoms. The van der Waals surface area contributed by atoms with Crippen LogP contribution in [0.25, 0.3) is 0 Å². The molecule has 0 aliphatic rings. The van der Waals surface area contributed by atoms with E-state index in [4.69, 9.17) is 5.73 Å². The lowest BCUT2D eigenvalue weighted by molar-refractivity contribution is 0.788. The molecule has 0 aromatic carbocycles. The van der Waals surface area contributed by atoms with Crippen LogP contribution >= 0.6 is 0 Å². The quantitative estimate of drug-likeness (QED) is 0.700. The summed E-state index contributed by atoms with van der Waals surface area (Å²) >= 11 is 0. The number of nitrogen functional groups attached to an aromatic ring is 1. The third-order valence-corrected chi connectivity index (χ3v) is 2.31. The number of hydrogen-bond acceptors (Lipinski definition) is 6. The number of pyridine rings is 1. The molecule has 0 saturated heterocycles. The molecule has 1 atom stereocenters. The number of H-pyrrole nitrogens is 1. The maximum atomic E-state index is 5.90. The highest BCUT2D eigenvalue weighted by atomic mass is 15.5. The Bertz CT molecular complexity index is 465. The molecule has 16 heavy (non-hydrogen) atoms. The van der Waals surface area contributed by atoms with Gasteiger partial charge in [0.2, 0.25) is 0 Å². The molecule has 0 aliphatic heterocycles. The Labute approximate surface area is 92.5 Å². The summed E-state index contributed by atoms with van der Waals surface area (Å²) in [6.45, 7) is 3.84. The van der Waals surface area contributed by atoms with Gasteiger partial charge in [-0.15, -0.1) is 10.2 Å². The normalized spacial score (nSPS) is 12.4. The molecule has 2 aromatic heterocycles. The van der Waals surface area contributed by atoms with Gasteiger partial charge in [0, 0.05) is 6.20 Å². The van der Waals surface area contributed by atoms with Gasteiger partial charge in [0.25, 0.3) is 0 Å². The minimum absolute atomic E-state index is 0.102. The number of aromatic nitrogens is 5. The number of hydrogen-bond donors (Lipinski definition) is 3. The van der Waals surface area contributed by atoms with Gasteiger partial charge in [0.15, 0.2) is 5.82 Å². The summed E-state index contributed by atoms with van der Waals surface area (Å²) in [5.74, 6) is 1.21. The average Bonchev–Trinajstić information content (AvgIpc) is 2.78. The molecule has 7 nitrogen and oxygen atoms in total. The molecule has 0 amide bonds. The van der Waals surface area contributed by atoms with Crippen LogP contribution in [0.5, 0.6) is 0 Å². The molecular formula is C9H13N7. The first kappa shape index (κ1) is 10.3. The van der Waals surface area contributed by atoms with Gasteiger partial charge in [-0.25, -0.2) is 4.98 Å². The van der Waals surface area contributed by atoms with Gasteiger partial charge >= 0.3 is 0 Å². The van der Waals surface area contributed by atoms with E-state index in [1.54, 1.807) is 6.20 Å². The van der Waals surface area contributed by atoms with E-state index in [9.17, 15) is 0 Å². The first-order chi connectivity index (χ1) is 7.68. The van der Waals surface area contributed by atoms with Crippen LogP contribution in [-0.4, -0.2) is 25.6 Å². The van der Waals surface area contributed by atoms with Gasteiger partial charge in [-0.05, 0) is 25.5 Å². The van der Waals surface area contributed by atoms with Crippen LogP contribution in [-0.2, 0) is 0 Å². The lowest BCUT2D eigenvalue weighted by atomic mass is 10.2. The zero-order valence-corrected chi connectivity index (χ0v) is 9.10. The van der Waals surface area contributed by atoms with Crippen LogP contribution < -0.4 is 11.1 Å². The van der Waals surface area contributed by atoms with E-state index in [0.29, 0.717) is 17.3 Å². The fraction of sp³-hybridized carbons (Fsp3) is 0.333. The zero-order valence-electron chi connectivity index (χ0n) is 9.10. The molecule has 84 valence electrons. The molecule has 4 N–H and O–H groups in total. The van der Waals surface area contributed by atoms with Crippen molar-refractivity contribution in [2.45, 2.75) is 19.9 Å². The first-order valence-corrected chi connectivity index (χ1v) is 4.89. The van der Waals surface area contributed by atoms with Crippen molar-refractivity contribution in [3.63, 3.8) is 0 Å². The standard InChI is InChI=1S/C9H13N7/c1-5-3-4-11-9(7(5)10)12-6(2)8-13-15-16-14-8/h3-4,6H,10H2,1-2H3,(H,11,12)(H,13,14,15,16). The van der Waals surface area contributed by atoms with Gasteiger partial charge in [-0.2, -0.15) is 5.21 Å². The summed E-state index contributed by atoms with van der Waals surface area (Å²) in [4.78, 5) is 4.17. The number of nitrogens with zero attached hydrogens (tertiary/aromatic N) is 4. The molecule has 0 fully saturated rings. The highest BCUT2D eigenvalue weighted by molar-refractivity contribution is 5.65. The fourth-order valence-electron chi connectivity index (χ4n) is 1.31. The van der Waals surface area contributed by atoms with Crippen molar-refractivity contribution in [3.8, 4) is 0 Å². The highest BCUT2D eigenvalue weighted by Crippen LogP contribution is 2.22. The SMILES string of the molecule is Cc1ccnc(NC(C)c2nn[nH]n2)c1N. The van der Waals surface area contributed by atoms with E-state index < -0.39 is 0 Å². The molecule has 7 heteroatoms. The predicted octanol–water partition coefficient (Wildman–Crippen LogP) is 0.658. The third kappa shape index (κ3) is 1.92. The molecule has 0 saturated carbocycles. The van der Waals surface area contributed by atoms with Crippen molar-refractivity contribution in [3.05, 3.63) is 23.7 Å². The fourth-order valence-corrected chi connectivity index (χ4v) is 1.31. The van der Waals surface area contributed by atoms with Crippen LogP contribution in [0.3, 0.4) is 0 Å². The number of aryl methyl sites for hydroxylation is 1. The van der Waals surface area contributed by atoms with Gasteiger partial charge in [0.1, 0.15) is 5.82 Å². The minimum Gasteiger partial charge on any atom is -0.396 e. The Hall–Kier alpha value is -2.18. The molecule has 1 unspecified atom stereocenters. The van der Waals surface area contributed by atoms with Crippen molar-refractivity contribution < 1.29 is 0 Å². The van der Waals surface area contributed by atoms with E-state index in [0.717, 1.165) is 5.56 Å². The van der Waals surface area contributed by atoms with E-state index >= 15 is 0 Å². The second-order valence-electron chi connectivity index (χ2n) is 3.53. The number of anilines is 2. The van der Waals surface area contributed by atoms with Gasteiger partial charge < -0.3 is 11.1 Å². The van der Waals surface area contributed by atoms with Crippen LogP contribution in [0.15, 0.2) is 12.3 Å². The molecular weight excluding hydrogens is 206 g/mol. The molecule has 0 bridgehead atoms. The topological polar surface area (TPSA) is 105 Å². The van der Waals surface area contributed by atoms with Gasteiger partial charge in [-0.3, -0.25) is 0 Å². The predicted molar refractivity (Wildman–Crippen MR) is 59.6 cm³/mol.